The Morgan fingerprint density at radius 2 is 1.83 bits per heavy atom. The molecule has 0 unspecified atom stereocenters. The Morgan fingerprint density at radius 3 is 2.57 bits per heavy atom. The van der Waals surface area contributed by atoms with Crippen molar-refractivity contribution in [3.8, 4) is 6.07 Å². The summed E-state index contributed by atoms with van der Waals surface area (Å²) in [5.41, 5.74) is 1.82. The molecule has 1 aromatic heterocycles. The molecular formula is C24H28N4O2. The molecule has 2 aliphatic rings. The number of aromatic nitrogens is 1. The highest BCUT2D eigenvalue weighted by Crippen LogP contribution is 2.25. The maximum absolute atomic E-state index is 12.7. The fraction of sp³-hybridized carbons (Fsp3) is 0.458. The topological polar surface area (TPSA) is 78.1 Å². The number of amides is 2. The van der Waals surface area contributed by atoms with Crippen LogP contribution in [0.15, 0.2) is 36.0 Å². The number of para-hydroxylation sites is 1. The molecule has 30 heavy (non-hydrogen) atoms. The SMILES string of the molecule is N#C/C(=C\c1cn(CC(=O)N2CCCC2)c2ccccc12)C(=O)NC1CCCCC1. The van der Waals surface area contributed by atoms with Crippen LogP contribution in [0.25, 0.3) is 17.0 Å². The monoisotopic (exact) mass is 404 g/mol. The van der Waals surface area contributed by atoms with E-state index in [2.05, 4.69) is 11.4 Å². The minimum absolute atomic E-state index is 0.106. The number of hydrogen-bond acceptors (Lipinski definition) is 3. The largest absolute Gasteiger partial charge is 0.349 e. The summed E-state index contributed by atoms with van der Waals surface area (Å²) in [6.07, 6.45) is 11.1. The summed E-state index contributed by atoms with van der Waals surface area (Å²) in [5.74, 6) is -0.200. The van der Waals surface area contributed by atoms with Crippen LogP contribution < -0.4 is 5.32 Å². The Hall–Kier alpha value is -3.07. The summed E-state index contributed by atoms with van der Waals surface area (Å²) in [6, 6.07) is 10.0. The van der Waals surface area contributed by atoms with Gasteiger partial charge in [0.05, 0.1) is 0 Å². The summed E-state index contributed by atoms with van der Waals surface area (Å²) in [6.45, 7) is 1.92. The number of fused-ring (bicyclic) bond motifs is 1. The van der Waals surface area contributed by atoms with E-state index in [1.807, 2.05) is 39.9 Å². The second kappa shape index (κ2) is 9.17. The van der Waals surface area contributed by atoms with Gasteiger partial charge in [-0.25, -0.2) is 0 Å². The van der Waals surface area contributed by atoms with Crippen LogP contribution in [-0.4, -0.2) is 40.4 Å². The minimum atomic E-state index is -0.311. The van der Waals surface area contributed by atoms with Crippen LogP contribution in [-0.2, 0) is 16.1 Å². The number of nitrogens with one attached hydrogen (secondary N) is 1. The predicted octanol–water partition coefficient (Wildman–Crippen LogP) is 3.62. The second-order valence-electron chi connectivity index (χ2n) is 8.30. The third-order valence-electron chi connectivity index (χ3n) is 6.19. The Bertz CT molecular complexity index is 1000. The van der Waals surface area contributed by atoms with Crippen molar-refractivity contribution in [3.05, 3.63) is 41.6 Å². The van der Waals surface area contributed by atoms with E-state index in [1.54, 1.807) is 6.08 Å². The normalized spacial score (nSPS) is 17.8. The summed E-state index contributed by atoms with van der Waals surface area (Å²) in [4.78, 5) is 27.2. The van der Waals surface area contributed by atoms with Crippen molar-refractivity contribution in [1.29, 1.82) is 5.26 Å². The van der Waals surface area contributed by atoms with E-state index < -0.39 is 0 Å². The third kappa shape index (κ3) is 4.40. The lowest BCUT2D eigenvalue weighted by Crippen LogP contribution is -2.36. The van der Waals surface area contributed by atoms with E-state index in [0.29, 0.717) is 0 Å². The van der Waals surface area contributed by atoms with Crippen LogP contribution in [0.5, 0.6) is 0 Å². The molecule has 1 saturated carbocycles. The van der Waals surface area contributed by atoms with Gasteiger partial charge in [-0.3, -0.25) is 9.59 Å². The number of carbonyl (C=O) groups is 2. The number of benzene rings is 1. The first-order valence-corrected chi connectivity index (χ1v) is 10.9. The van der Waals surface area contributed by atoms with Crippen molar-refractivity contribution in [1.82, 2.24) is 14.8 Å². The van der Waals surface area contributed by atoms with Crippen LogP contribution in [0.4, 0.5) is 0 Å². The minimum Gasteiger partial charge on any atom is -0.349 e. The van der Waals surface area contributed by atoms with E-state index in [0.717, 1.165) is 68.1 Å². The van der Waals surface area contributed by atoms with Gasteiger partial charge in [0.15, 0.2) is 0 Å². The van der Waals surface area contributed by atoms with E-state index in [4.69, 9.17) is 0 Å². The van der Waals surface area contributed by atoms with Gasteiger partial charge in [0.2, 0.25) is 5.91 Å². The number of rotatable bonds is 5. The Labute approximate surface area is 177 Å². The summed E-state index contributed by atoms with van der Waals surface area (Å²) >= 11 is 0. The van der Waals surface area contributed by atoms with Crippen LogP contribution in [0, 0.1) is 11.3 Å². The van der Waals surface area contributed by atoms with E-state index in [1.165, 1.54) is 6.42 Å². The first-order valence-electron chi connectivity index (χ1n) is 10.9. The van der Waals surface area contributed by atoms with Gasteiger partial charge in [-0.15, -0.1) is 0 Å². The van der Waals surface area contributed by atoms with Crippen LogP contribution in [0.3, 0.4) is 0 Å². The number of nitrogens with zero attached hydrogens (tertiary/aromatic N) is 3. The molecule has 1 aromatic carbocycles. The van der Waals surface area contributed by atoms with Crippen LogP contribution in [0.2, 0.25) is 0 Å². The quantitative estimate of drug-likeness (QED) is 0.611. The molecule has 2 fully saturated rings. The predicted molar refractivity (Wildman–Crippen MR) is 116 cm³/mol. The van der Waals surface area contributed by atoms with E-state index in [9.17, 15) is 14.9 Å². The molecule has 1 aliphatic heterocycles. The molecule has 2 amide bonds. The van der Waals surface area contributed by atoms with Crippen LogP contribution >= 0.6 is 0 Å². The molecule has 1 saturated heterocycles. The smallest absolute Gasteiger partial charge is 0.262 e. The van der Waals surface area contributed by atoms with Gasteiger partial charge in [0.1, 0.15) is 18.2 Å². The van der Waals surface area contributed by atoms with Gasteiger partial charge in [-0.1, -0.05) is 37.5 Å². The van der Waals surface area contributed by atoms with Gasteiger partial charge in [0, 0.05) is 41.8 Å². The number of nitriles is 1. The van der Waals surface area contributed by atoms with Gasteiger partial charge >= 0.3 is 0 Å². The zero-order valence-corrected chi connectivity index (χ0v) is 17.3. The average molecular weight is 405 g/mol. The molecule has 4 rings (SSSR count). The summed E-state index contributed by atoms with van der Waals surface area (Å²) in [7, 11) is 0. The van der Waals surface area contributed by atoms with E-state index in [-0.39, 0.29) is 30.0 Å². The van der Waals surface area contributed by atoms with Gasteiger partial charge in [0.25, 0.3) is 5.91 Å². The number of likely N-dealkylation sites (tertiary alicyclic amines) is 1. The molecule has 0 radical (unpaired) electrons. The molecule has 2 aromatic rings. The zero-order valence-electron chi connectivity index (χ0n) is 17.3. The van der Waals surface area contributed by atoms with Gasteiger partial charge in [-0.2, -0.15) is 5.26 Å². The lowest BCUT2D eigenvalue weighted by atomic mass is 9.95. The Balaban J connectivity index is 1.58. The maximum atomic E-state index is 12.7. The molecule has 156 valence electrons. The standard InChI is InChI=1S/C24H28N4O2/c25-15-18(24(30)26-20-8-2-1-3-9-20)14-19-16-28(22-11-5-4-10-21(19)22)17-23(29)27-12-6-7-13-27/h4-5,10-11,14,16,20H,1-3,6-9,12-13,17H2,(H,26,30)/b18-14+. The number of hydrogen-bond donors (Lipinski definition) is 1. The number of carbonyl (C=O) groups excluding carboxylic acids is 2. The Morgan fingerprint density at radius 1 is 1.10 bits per heavy atom. The first-order chi connectivity index (χ1) is 14.7. The van der Waals surface area contributed by atoms with Gasteiger partial charge < -0.3 is 14.8 Å². The second-order valence-corrected chi connectivity index (χ2v) is 8.30. The van der Waals surface area contributed by atoms with Crippen molar-refractivity contribution in [2.75, 3.05) is 13.1 Å². The molecule has 0 bridgehead atoms. The third-order valence-corrected chi connectivity index (χ3v) is 6.19. The highest BCUT2D eigenvalue weighted by Gasteiger charge is 2.21. The zero-order chi connectivity index (χ0) is 20.9. The molecule has 6 heteroatoms. The Kier molecular flexibility index (Phi) is 6.18. The maximum Gasteiger partial charge on any atom is 0.262 e. The highest BCUT2D eigenvalue weighted by atomic mass is 16.2. The summed E-state index contributed by atoms with van der Waals surface area (Å²) < 4.78 is 1.93. The molecule has 0 spiro atoms. The lowest BCUT2D eigenvalue weighted by molar-refractivity contribution is -0.130. The van der Waals surface area contributed by atoms with Crippen molar-refractivity contribution < 1.29 is 9.59 Å². The molecule has 0 atom stereocenters. The van der Waals surface area contributed by atoms with Crippen molar-refractivity contribution >= 4 is 28.8 Å². The average Bonchev–Trinajstić information content (AvgIpc) is 3.42. The fourth-order valence-electron chi connectivity index (χ4n) is 4.55. The first kappa shape index (κ1) is 20.2. The lowest BCUT2D eigenvalue weighted by Gasteiger charge is -2.22. The van der Waals surface area contributed by atoms with Gasteiger partial charge in [-0.05, 0) is 37.8 Å². The highest BCUT2D eigenvalue weighted by molar-refractivity contribution is 6.04. The molecule has 6 nitrogen and oxygen atoms in total. The van der Waals surface area contributed by atoms with Crippen molar-refractivity contribution in [3.63, 3.8) is 0 Å². The van der Waals surface area contributed by atoms with Crippen molar-refractivity contribution in [2.24, 2.45) is 0 Å². The summed E-state index contributed by atoms with van der Waals surface area (Å²) in [5, 5.41) is 13.6. The fourth-order valence-corrected chi connectivity index (χ4v) is 4.55. The van der Waals surface area contributed by atoms with E-state index >= 15 is 0 Å². The molecule has 2 heterocycles. The molecular weight excluding hydrogens is 376 g/mol. The molecule has 1 aliphatic carbocycles. The van der Waals surface area contributed by atoms with Crippen LogP contribution in [0.1, 0.15) is 50.5 Å². The van der Waals surface area contributed by atoms with Crippen molar-refractivity contribution in [2.45, 2.75) is 57.5 Å². The molecule has 1 N–H and O–H groups in total.